The fourth-order valence-electron chi connectivity index (χ4n) is 2.42. The van der Waals surface area contributed by atoms with E-state index >= 15 is 0 Å². The highest BCUT2D eigenvalue weighted by molar-refractivity contribution is 5.24. The van der Waals surface area contributed by atoms with Gasteiger partial charge in [-0.1, -0.05) is 12.1 Å². The number of benzene rings is 1. The van der Waals surface area contributed by atoms with Crippen LogP contribution in [0.1, 0.15) is 11.6 Å². The van der Waals surface area contributed by atoms with E-state index in [9.17, 15) is 8.78 Å². The molecule has 0 radical (unpaired) electrons. The minimum Gasteiger partial charge on any atom is -0.323 e. The van der Waals surface area contributed by atoms with E-state index in [1.165, 1.54) is 6.07 Å². The van der Waals surface area contributed by atoms with Gasteiger partial charge >= 0.3 is 0 Å². The molecule has 1 aliphatic heterocycles. The first-order chi connectivity index (χ1) is 8.50. The van der Waals surface area contributed by atoms with Crippen molar-refractivity contribution in [1.82, 2.24) is 9.80 Å². The van der Waals surface area contributed by atoms with Crippen molar-refractivity contribution in [3.8, 4) is 0 Å². The fraction of sp³-hybridized carbons (Fsp3) is 0.538. The molecular weight excluding hydrogens is 236 g/mol. The average molecular weight is 255 g/mol. The predicted molar refractivity (Wildman–Crippen MR) is 67.2 cm³/mol. The second-order valence-electron chi connectivity index (χ2n) is 4.98. The number of likely N-dealkylation sites (N-methyl/N-ethyl adjacent to an activating group) is 2. The van der Waals surface area contributed by atoms with E-state index in [1.54, 1.807) is 6.07 Å². The summed E-state index contributed by atoms with van der Waals surface area (Å²) in [6.45, 7) is 2.60. The third-order valence-corrected chi connectivity index (χ3v) is 3.65. The molecule has 1 heterocycles. The van der Waals surface area contributed by atoms with Crippen LogP contribution in [0, 0.1) is 11.6 Å². The van der Waals surface area contributed by atoms with Gasteiger partial charge in [0.1, 0.15) is 0 Å². The monoisotopic (exact) mass is 255 g/mol. The molecule has 100 valence electrons. The predicted octanol–water partition coefficient (Wildman–Crippen LogP) is 1.21. The smallest absolute Gasteiger partial charge is 0.163 e. The fourth-order valence-corrected chi connectivity index (χ4v) is 2.42. The molecule has 1 aromatic carbocycles. The van der Waals surface area contributed by atoms with E-state index in [0.717, 1.165) is 25.7 Å². The Bertz CT molecular complexity index is 425. The van der Waals surface area contributed by atoms with Gasteiger partial charge in [0.25, 0.3) is 0 Å². The Morgan fingerprint density at radius 2 is 2.00 bits per heavy atom. The number of piperazine rings is 1. The van der Waals surface area contributed by atoms with Gasteiger partial charge in [-0.15, -0.1) is 0 Å². The SMILES string of the molecule is CN1CCN(C)C(C(N)c2cccc(F)c2F)C1. The maximum absolute atomic E-state index is 13.7. The van der Waals surface area contributed by atoms with Crippen LogP contribution in [-0.2, 0) is 0 Å². The van der Waals surface area contributed by atoms with Crippen LogP contribution in [0.5, 0.6) is 0 Å². The Morgan fingerprint density at radius 1 is 1.28 bits per heavy atom. The van der Waals surface area contributed by atoms with E-state index in [-0.39, 0.29) is 11.6 Å². The normalized spacial score (nSPS) is 24.2. The van der Waals surface area contributed by atoms with Crippen LogP contribution in [0.15, 0.2) is 18.2 Å². The van der Waals surface area contributed by atoms with Crippen molar-refractivity contribution in [2.24, 2.45) is 5.73 Å². The molecule has 3 nitrogen and oxygen atoms in total. The summed E-state index contributed by atoms with van der Waals surface area (Å²) in [6.07, 6.45) is 0. The molecule has 0 saturated carbocycles. The van der Waals surface area contributed by atoms with Crippen molar-refractivity contribution in [1.29, 1.82) is 0 Å². The number of hydrogen-bond donors (Lipinski definition) is 1. The van der Waals surface area contributed by atoms with Gasteiger partial charge in [-0.3, -0.25) is 4.90 Å². The second kappa shape index (κ2) is 5.30. The third kappa shape index (κ3) is 2.53. The Morgan fingerprint density at radius 3 is 2.72 bits per heavy atom. The summed E-state index contributed by atoms with van der Waals surface area (Å²) in [5.74, 6) is -1.67. The molecule has 1 aliphatic rings. The minimum absolute atomic E-state index is 0.0000463. The minimum atomic E-state index is -0.838. The first kappa shape index (κ1) is 13.4. The van der Waals surface area contributed by atoms with Crippen LogP contribution in [0.3, 0.4) is 0 Å². The van der Waals surface area contributed by atoms with Crippen molar-refractivity contribution in [3.05, 3.63) is 35.4 Å². The Hall–Kier alpha value is -1.04. The number of hydrogen-bond acceptors (Lipinski definition) is 3. The summed E-state index contributed by atoms with van der Waals surface area (Å²) in [5.41, 5.74) is 6.37. The Labute approximate surface area is 106 Å². The summed E-state index contributed by atoms with van der Waals surface area (Å²) < 4.78 is 27.0. The standard InChI is InChI=1S/C13H19F2N3/c1-17-6-7-18(2)11(8-17)13(16)9-4-3-5-10(14)12(9)15/h3-5,11,13H,6-8,16H2,1-2H3. The molecule has 5 heteroatoms. The van der Waals surface area contributed by atoms with E-state index < -0.39 is 17.7 Å². The van der Waals surface area contributed by atoms with E-state index in [4.69, 9.17) is 5.73 Å². The number of halogens is 2. The lowest BCUT2D eigenvalue weighted by atomic mass is 9.96. The third-order valence-electron chi connectivity index (χ3n) is 3.65. The maximum Gasteiger partial charge on any atom is 0.163 e. The highest BCUT2D eigenvalue weighted by Crippen LogP contribution is 2.24. The second-order valence-corrected chi connectivity index (χ2v) is 4.98. The first-order valence-corrected chi connectivity index (χ1v) is 6.09. The van der Waals surface area contributed by atoms with Crippen LogP contribution in [0.25, 0.3) is 0 Å². The van der Waals surface area contributed by atoms with E-state index in [2.05, 4.69) is 9.80 Å². The lowest BCUT2D eigenvalue weighted by Crippen LogP contribution is -2.54. The number of nitrogens with two attached hydrogens (primary N) is 1. The zero-order valence-electron chi connectivity index (χ0n) is 10.7. The zero-order valence-corrected chi connectivity index (χ0v) is 10.7. The Kier molecular flexibility index (Phi) is 3.94. The molecule has 0 aromatic heterocycles. The Balaban J connectivity index is 2.24. The molecule has 1 aromatic rings. The molecule has 0 spiro atoms. The van der Waals surface area contributed by atoms with Gasteiger partial charge in [-0.25, -0.2) is 8.78 Å². The quantitative estimate of drug-likeness (QED) is 0.862. The topological polar surface area (TPSA) is 32.5 Å². The zero-order chi connectivity index (χ0) is 13.3. The van der Waals surface area contributed by atoms with Crippen molar-refractivity contribution in [3.63, 3.8) is 0 Å². The lowest BCUT2D eigenvalue weighted by molar-refractivity contribution is 0.0964. The molecule has 2 N–H and O–H groups in total. The van der Waals surface area contributed by atoms with Crippen LogP contribution in [0.4, 0.5) is 8.78 Å². The molecular formula is C13H19F2N3. The average Bonchev–Trinajstić information content (AvgIpc) is 2.35. The van der Waals surface area contributed by atoms with Gasteiger partial charge in [-0.05, 0) is 20.2 Å². The lowest BCUT2D eigenvalue weighted by Gasteiger charge is -2.40. The number of nitrogens with zero attached hydrogens (tertiary/aromatic N) is 2. The van der Waals surface area contributed by atoms with Gasteiger partial charge in [0, 0.05) is 37.3 Å². The van der Waals surface area contributed by atoms with Crippen LogP contribution >= 0.6 is 0 Å². The number of rotatable bonds is 2. The summed E-state index contributed by atoms with van der Waals surface area (Å²) >= 11 is 0. The molecule has 1 fully saturated rings. The summed E-state index contributed by atoms with van der Waals surface area (Å²) in [7, 11) is 3.98. The van der Waals surface area contributed by atoms with Gasteiger partial charge in [0.15, 0.2) is 11.6 Å². The molecule has 18 heavy (non-hydrogen) atoms. The summed E-state index contributed by atoms with van der Waals surface area (Å²) in [6, 6.07) is 3.65. The van der Waals surface area contributed by atoms with E-state index in [0.29, 0.717) is 0 Å². The summed E-state index contributed by atoms with van der Waals surface area (Å²) in [5, 5.41) is 0. The maximum atomic E-state index is 13.7. The van der Waals surface area contributed by atoms with Gasteiger partial charge in [0.2, 0.25) is 0 Å². The van der Waals surface area contributed by atoms with Gasteiger partial charge < -0.3 is 10.6 Å². The van der Waals surface area contributed by atoms with Crippen LogP contribution < -0.4 is 5.73 Å². The van der Waals surface area contributed by atoms with Crippen molar-refractivity contribution < 1.29 is 8.78 Å². The molecule has 0 amide bonds. The molecule has 2 unspecified atom stereocenters. The highest BCUT2D eigenvalue weighted by atomic mass is 19.2. The largest absolute Gasteiger partial charge is 0.323 e. The van der Waals surface area contributed by atoms with Gasteiger partial charge in [0.05, 0.1) is 0 Å². The molecule has 0 bridgehead atoms. The van der Waals surface area contributed by atoms with Gasteiger partial charge in [-0.2, -0.15) is 0 Å². The molecule has 2 atom stereocenters. The van der Waals surface area contributed by atoms with Crippen LogP contribution in [-0.4, -0.2) is 49.6 Å². The first-order valence-electron chi connectivity index (χ1n) is 6.09. The summed E-state index contributed by atoms with van der Waals surface area (Å²) in [4.78, 5) is 4.26. The van der Waals surface area contributed by atoms with Crippen molar-refractivity contribution in [2.75, 3.05) is 33.7 Å². The molecule has 2 rings (SSSR count). The van der Waals surface area contributed by atoms with E-state index in [1.807, 2.05) is 14.1 Å². The van der Waals surface area contributed by atoms with Crippen molar-refractivity contribution in [2.45, 2.75) is 12.1 Å². The highest BCUT2D eigenvalue weighted by Gasteiger charge is 2.30. The molecule has 0 aliphatic carbocycles. The van der Waals surface area contributed by atoms with Crippen molar-refractivity contribution >= 4 is 0 Å². The molecule has 1 saturated heterocycles. The van der Waals surface area contributed by atoms with Crippen LogP contribution in [0.2, 0.25) is 0 Å².